The number of fused-ring (bicyclic) bond motifs is 1. The lowest BCUT2D eigenvalue weighted by Gasteiger charge is -2.27. The Bertz CT molecular complexity index is 1150. The van der Waals surface area contributed by atoms with E-state index < -0.39 is 11.7 Å². The highest BCUT2D eigenvalue weighted by atomic mass is 35.5. The summed E-state index contributed by atoms with van der Waals surface area (Å²) in [5.74, 6) is 2.42. The molecule has 210 valence electrons. The summed E-state index contributed by atoms with van der Waals surface area (Å²) in [6.45, 7) is 4.72. The number of hydrogen-bond donors (Lipinski definition) is 0. The Hall–Kier alpha value is -1.91. The number of para-hydroxylation sites is 1. The predicted molar refractivity (Wildman–Crippen MR) is 150 cm³/mol. The van der Waals surface area contributed by atoms with Gasteiger partial charge in [0, 0.05) is 41.7 Å². The van der Waals surface area contributed by atoms with E-state index in [-0.39, 0.29) is 24.8 Å². The molecule has 2 aromatic carbocycles. The molecule has 3 aromatic rings. The number of hydrogen-bond acceptors (Lipinski definition) is 6. The van der Waals surface area contributed by atoms with Gasteiger partial charge >= 0.3 is 6.18 Å². The molecular weight excluding hydrogens is 560 g/mol. The molecule has 0 bridgehead atoms. The van der Waals surface area contributed by atoms with Gasteiger partial charge in [-0.15, -0.1) is 36.6 Å². The van der Waals surface area contributed by atoms with Crippen LogP contribution in [0.3, 0.4) is 0 Å². The molecule has 0 radical (unpaired) electrons. The van der Waals surface area contributed by atoms with Gasteiger partial charge in [-0.3, -0.25) is 9.88 Å². The fourth-order valence-electron chi connectivity index (χ4n) is 4.17. The van der Waals surface area contributed by atoms with Gasteiger partial charge < -0.3 is 14.2 Å². The number of pyridine rings is 1. The summed E-state index contributed by atoms with van der Waals surface area (Å²) >= 11 is 1.65. The van der Waals surface area contributed by atoms with Gasteiger partial charge in [-0.25, -0.2) is 0 Å². The summed E-state index contributed by atoms with van der Waals surface area (Å²) in [7, 11) is 1.66. The smallest absolute Gasteiger partial charge is 0.416 e. The number of morpholine rings is 1. The summed E-state index contributed by atoms with van der Waals surface area (Å²) < 4.78 is 56.1. The van der Waals surface area contributed by atoms with E-state index in [1.807, 2.05) is 18.2 Å². The molecule has 0 N–H and O–H groups in total. The van der Waals surface area contributed by atoms with Crippen LogP contribution in [0.1, 0.15) is 30.4 Å². The lowest BCUT2D eigenvalue weighted by atomic mass is 10.1. The van der Waals surface area contributed by atoms with E-state index in [2.05, 4.69) is 16.0 Å². The van der Waals surface area contributed by atoms with Crippen molar-refractivity contribution >= 4 is 47.5 Å². The summed E-state index contributed by atoms with van der Waals surface area (Å²) in [5, 5.41) is 0.753. The molecule has 1 saturated heterocycles. The Balaban J connectivity index is 0.00000253. The van der Waals surface area contributed by atoms with Gasteiger partial charge in [-0.05, 0) is 49.3 Å². The molecule has 11 heteroatoms. The molecule has 5 nitrogen and oxygen atoms in total. The Morgan fingerprint density at radius 3 is 2.55 bits per heavy atom. The predicted octanol–water partition coefficient (Wildman–Crippen LogP) is 7.28. The van der Waals surface area contributed by atoms with Gasteiger partial charge in [-0.2, -0.15) is 13.2 Å². The normalized spacial score (nSPS) is 14.0. The third kappa shape index (κ3) is 8.81. The number of benzene rings is 2. The zero-order valence-electron chi connectivity index (χ0n) is 21.2. The van der Waals surface area contributed by atoms with Crippen molar-refractivity contribution in [1.29, 1.82) is 0 Å². The zero-order valence-corrected chi connectivity index (χ0v) is 23.6. The minimum atomic E-state index is -4.37. The second-order valence-electron chi connectivity index (χ2n) is 8.63. The SMILES string of the molecule is COc1cccc(CN2CCOCC2)c1OCCCCCSc1ccnc2cc(C(F)(F)F)ccc12.Cl.Cl. The fourth-order valence-corrected chi connectivity index (χ4v) is 5.23. The van der Waals surface area contributed by atoms with Crippen molar-refractivity contribution in [3.8, 4) is 11.5 Å². The van der Waals surface area contributed by atoms with Crippen molar-refractivity contribution in [2.24, 2.45) is 0 Å². The van der Waals surface area contributed by atoms with Gasteiger partial charge in [0.2, 0.25) is 0 Å². The first-order valence-corrected chi connectivity index (χ1v) is 13.1. The number of unbranched alkanes of at least 4 members (excludes halogenated alkanes) is 2. The van der Waals surface area contributed by atoms with Crippen molar-refractivity contribution in [1.82, 2.24) is 9.88 Å². The molecule has 0 atom stereocenters. The Morgan fingerprint density at radius 1 is 1.03 bits per heavy atom. The maximum absolute atomic E-state index is 13.0. The van der Waals surface area contributed by atoms with Crippen LogP contribution in [-0.2, 0) is 17.5 Å². The first-order chi connectivity index (χ1) is 17.5. The third-order valence-electron chi connectivity index (χ3n) is 6.10. The van der Waals surface area contributed by atoms with Crippen LogP contribution in [0.5, 0.6) is 11.5 Å². The minimum Gasteiger partial charge on any atom is -0.493 e. The molecule has 4 rings (SSSR count). The van der Waals surface area contributed by atoms with Gasteiger partial charge in [0.15, 0.2) is 11.5 Å². The Morgan fingerprint density at radius 2 is 1.82 bits per heavy atom. The topological polar surface area (TPSA) is 43.8 Å². The number of halogens is 5. The van der Waals surface area contributed by atoms with Crippen LogP contribution >= 0.6 is 36.6 Å². The van der Waals surface area contributed by atoms with Crippen LogP contribution in [0.25, 0.3) is 10.9 Å². The standard InChI is InChI=1S/C27H31F3N2O3S.2ClH/c1-33-24-7-5-6-20(19-32-12-15-34-16-13-32)26(24)35-14-3-2-4-17-36-25-10-11-31-23-18-21(27(28,29)30)8-9-22(23)25;;/h5-11,18H,2-4,12-17,19H2,1H3;2*1H. The van der Waals surface area contributed by atoms with Crippen molar-refractivity contribution in [3.63, 3.8) is 0 Å². The number of rotatable bonds is 11. The van der Waals surface area contributed by atoms with Crippen LogP contribution < -0.4 is 9.47 Å². The van der Waals surface area contributed by atoms with Crippen LogP contribution in [0, 0.1) is 0 Å². The molecule has 0 saturated carbocycles. The molecule has 2 heterocycles. The largest absolute Gasteiger partial charge is 0.493 e. The molecule has 1 aliphatic heterocycles. The van der Waals surface area contributed by atoms with Crippen molar-refractivity contribution < 1.29 is 27.4 Å². The minimum absolute atomic E-state index is 0. The Labute approximate surface area is 238 Å². The van der Waals surface area contributed by atoms with Gasteiger partial charge in [0.1, 0.15) is 0 Å². The average molecular weight is 594 g/mol. The summed E-state index contributed by atoms with van der Waals surface area (Å²) in [6, 6.07) is 11.6. The summed E-state index contributed by atoms with van der Waals surface area (Å²) in [6.07, 6.45) is 0.0728. The summed E-state index contributed by atoms with van der Waals surface area (Å²) in [4.78, 5) is 7.43. The van der Waals surface area contributed by atoms with E-state index in [1.165, 1.54) is 6.07 Å². The maximum atomic E-state index is 13.0. The third-order valence-corrected chi connectivity index (χ3v) is 7.26. The average Bonchev–Trinajstić information content (AvgIpc) is 2.88. The molecule has 0 unspecified atom stereocenters. The van der Waals surface area contributed by atoms with Gasteiger partial charge in [-0.1, -0.05) is 18.2 Å². The van der Waals surface area contributed by atoms with Gasteiger partial charge in [0.05, 0.1) is 38.0 Å². The first-order valence-electron chi connectivity index (χ1n) is 12.1. The lowest BCUT2D eigenvalue weighted by Crippen LogP contribution is -2.35. The zero-order chi connectivity index (χ0) is 25.4. The number of methoxy groups -OCH3 is 1. The van der Waals surface area contributed by atoms with E-state index in [0.29, 0.717) is 12.1 Å². The van der Waals surface area contributed by atoms with E-state index >= 15 is 0 Å². The Kier molecular flexibility index (Phi) is 13.3. The number of aromatic nitrogens is 1. The van der Waals surface area contributed by atoms with Crippen molar-refractivity contribution in [2.45, 2.75) is 36.9 Å². The number of thioether (sulfide) groups is 1. The fraction of sp³-hybridized carbons (Fsp3) is 0.444. The molecule has 1 aliphatic rings. The molecule has 0 spiro atoms. The first kappa shape index (κ1) is 32.3. The van der Waals surface area contributed by atoms with Gasteiger partial charge in [0.25, 0.3) is 0 Å². The van der Waals surface area contributed by atoms with E-state index in [4.69, 9.17) is 14.2 Å². The number of ether oxygens (including phenoxy) is 3. The van der Waals surface area contributed by atoms with E-state index in [9.17, 15) is 13.2 Å². The van der Waals surface area contributed by atoms with Crippen LogP contribution in [0.2, 0.25) is 0 Å². The highest BCUT2D eigenvalue weighted by molar-refractivity contribution is 7.99. The molecule has 0 amide bonds. The lowest BCUT2D eigenvalue weighted by molar-refractivity contribution is -0.137. The number of nitrogens with zero attached hydrogens (tertiary/aromatic N) is 2. The van der Waals surface area contributed by atoms with E-state index in [1.54, 1.807) is 25.1 Å². The highest BCUT2D eigenvalue weighted by Gasteiger charge is 2.30. The molecule has 38 heavy (non-hydrogen) atoms. The molecular formula is C27H33Cl2F3N2O3S. The molecule has 1 fully saturated rings. The highest BCUT2D eigenvalue weighted by Crippen LogP contribution is 2.34. The van der Waals surface area contributed by atoms with Crippen molar-refractivity contribution in [3.05, 3.63) is 59.8 Å². The molecule has 0 aliphatic carbocycles. The van der Waals surface area contributed by atoms with Crippen LogP contribution in [-0.4, -0.2) is 55.7 Å². The maximum Gasteiger partial charge on any atom is 0.416 e. The van der Waals surface area contributed by atoms with Crippen molar-refractivity contribution in [2.75, 3.05) is 45.8 Å². The summed E-state index contributed by atoms with van der Waals surface area (Å²) in [5.41, 5.74) is 0.811. The second-order valence-corrected chi connectivity index (χ2v) is 9.77. The van der Waals surface area contributed by atoms with Crippen LogP contribution in [0.15, 0.2) is 53.6 Å². The monoisotopic (exact) mass is 592 g/mol. The second kappa shape index (κ2) is 15.6. The number of alkyl halides is 3. The van der Waals surface area contributed by atoms with E-state index in [0.717, 1.165) is 97.3 Å². The molecule has 1 aromatic heterocycles. The van der Waals surface area contributed by atoms with Crippen LogP contribution in [0.4, 0.5) is 13.2 Å². The quantitative estimate of drug-likeness (QED) is 0.172.